The highest BCUT2D eigenvalue weighted by atomic mass is 35.5. The molecule has 118 valence electrons. The Morgan fingerprint density at radius 1 is 1.26 bits per heavy atom. The number of carboxylic acids is 1. The summed E-state index contributed by atoms with van der Waals surface area (Å²) in [5.41, 5.74) is 0.908. The van der Waals surface area contributed by atoms with E-state index in [4.69, 9.17) is 11.6 Å². The van der Waals surface area contributed by atoms with Gasteiger partial charge in [-0.15, -0.1) is 0 Å². The Labute approximate surface area is 136 Å². The van der Waals surface area contributed by atoms with Crippen molar-refractivity contribution in [3.63, 3.8) is 0 Å². The molecule has 0 fully saturated rings. The zero-order chi connectivity index (χ0) is 17.1. The number of nitrogens with zero attached hydrogens (tertiary/aromatic N) is 1. The molecule has 0 aromatic heterocycles. The lowest BCUT2D eigenvalue weighted by atomic mass is 10.0. The van der Waals surface area contributed by atoms with Gasteiger partial charge in [0.2, 0.25) is 0 Å². The SMILES string of the molecule is Cc1ccc(/C(=C/c2ccc(O)c([N+](=O)[O-])c2)C(=O)O)cc1Cl. The highest BCUT2D eigenvalue weighted by Gasteiger charge is 2.16. The average molecular weight is 334 g/mol. The highest BCUT2D eigenvalue weighted by molar-refractivity contribution is 6.32. The zero-order valence-electron chi connectivity index (χ0n) is 12.0. The van der Waals surface area contributed by atoms with E-state index in [1.807, 2.05) is 0 Å². The molecule has 2 N–H and O–H groups in total. The third kappa shape index (κ3) is 3.67. The number of phenolic OH excluding ortho intramolecular Hbond substituents is 1. The van der Waals surface area contributed by atoms with Crippen LogP contribution in [0.4, 0.5) is 5.69 Å². The van der Waals surface area contributed by atoms with Gasteiger partial charge in [0.05, 0.1) is 10.5 Å². The molecule has 7 heteroatoms. The first-order chi connectivity index (χ1) is 10.8. The van der Waals surface area contributed by atoms with Crippen molar-refractivity contribution in [2.45, 2.75) is 6.92 Å². The first kappa shape index (κ1) is 16.5. The number of carbonyl (C=O) groups is 1. The quantitative estimate of drug-likeness (QED) is 0.382. The van der Waals surface area contributed by atoms with Crippen LogP contribution in [-0.2, 0) is 4.79 Å². The van der Waals surface area contributed by atoms with Crippen LogP contribution >= 0.6 is 11.6 Å². The number of carboxylic acid groups (broad SMARTS) is 1. The molecule has 0 aliphatic heterocycles. The van der Waals surface area contributed by atoms with Gasteiger partial charge in [-0.3, -0.25) is 10.1 Å². The molecule has 0 heterocycles. The molecule has 2 rings (SSSR count). The van der Waals surface area contributed by atoms with Gasteiger partial charge in [0.1, 0.15) is 0 Å². The number of hydrogen-bond acceptors (Lipinski definition) is 4. The number of rotatable bonds is 4. The van der Waals surface area contributed by atoms with E-state index in [1.54, 1.807) is 19.1 Å². The Morgan fingerprint density at radius 2 is 1.96 bits per heavy atom. The lowest BCUT2D eigenvalue weighted by Gasteiger charge is -2.06. The van der Waals surface area contributed by atoms with Gasteiger partial charge in [-0.25, -0.2) is 4.79 Å². The minimum Gasteiger partial charge on any atom is -0.502 e. The van der Waals surface area contributed by atoms with Crippen LogP contribution in [0.25, 0.3) is 11.6 Å². The Hall–Kier alpha value is -2.86. The fourth-order valence-corrected chi connectivity index (χ4v) is 2.15. The molecule has 0 aliphatic carbocycles. The summed E-state index contributed by atoms with van der Waals surface area (Å²) in [6, 6.07) is 8.45. The lowest BCUT2D eigenvalue weighted by Crippen LogP contribution is -2.00. The van der Waals surface area contributed by atoms with E-state index in [-0.39, 0.29) is 11.1 Å². The maximum atomic E-state index is 11.5. The molecule has 6 nitrogen and oxygen atoms in total. The Kier molecular flexibility index (Phi) is 4.66. The van der Waals surface area contributed by atoms with Gasteiger partial charge in [-0.05, 0) is 41.8 Å². The van der Waals surface area contributed by atoms with Crippen LogP contribution in [0.15, 0.2) is 36.4 Å². The van der Waals surface area contributed by atoms with E-state index in [0.717, 1.165) is 17.7 Å². The second-order valence-electron chi connectivity index (χ2n) is 4.83. The van der Waals surface area contributed by atoms with Crippen LogP contribution in [0.2, 0.25) is 5.02 Å². The van der Waals surface area contributed by atoms with E-state index < -0.39 is 22.3 Å². The molecule has 0 unspecified atom stereocenters. The summed E-state index contributed by atoms with van der Waals surface area (Å²) in [7, 11) is 0. The smallest absolute Gasteiger partial charge is 0.336 e. The summed E-state index contributed by atoms with van der Waals surface area (Å²) in [4.78, 5) is 21.6. The average Bonchev–Trinajstić information content (AvgIpc) is 2.48. The molecule has 0 aliphatic rings. The number of hydrogen-bond donors (Lipinski definition) is 2. The van der Waals surface area contributed by atoms with Crippen LogP contribution in [-0.4, -0.2) is 21.1 Å². The van der Waals surface area contributed by atoms with Crippen molar-refractivity contribution in [3.05, 3.63) is 68.2 Å². The largest absolute Gasteiger partial charge is 0.502 e. The van der Waals surface area contributed by atoms with Crippen LogP contribution in [0.5, 0.6) is 5.75 Å². The van der Waals surface area contributed by atoms with E-state index >= 15 is 0 Å². The van der Waals surface area contributed by atoms with Crippen molar-refractivity contribution in [2.24, 2.45) is 0 Å². The van der Waals surface area contributed by atoms with Crippen LogP contribution in [0, 0.1) is 17.0 Å². The number of nitro benzene ring substituents is 1. The molecule has 0 radical (unpaired) electrons. The first-order valence-corrected chi connectivity index (χ1v) is 6.86. The minimum absolute atomic E-state index is 0.0631. The number of benzene rings is 2. The Balaban J connectivity index is 2.55. The molecular formula is C16H12ClNO5. The predicted octanol–water partition coefficient (Wildman–Crippen LogP) is 3.89. The van der Waals surface area contributed by atoms with Gasteiger partial charge in [0.15, 0.2) is 5.75 Å². The van der Waals surface area contributed by atoms with E-state index in [0.29, 0.717) is 10.6 Å². The molecule has 0 atom stereocenters. The molecule has 0 bridgehead atoms. The van der Waals surface area contributed by atoms with Gasteiger partial charge in [-0.2, -0.15) is 0 Å². The van der Waals surface area contributed by atoms with E-state index in [1.165, 1.54) is 18.2 Å². The van der Waals surface area contributed by atoms with Crippen molar-refractivity contribution in [1.29, 1.82) is 0 Å². The minimum atomic E-state index is -1.19. The van der Waals surface area contributed by atoms with Crippen LogP contribution < -0.4 is 0 Å². The van der Waals surface area contributed by atoms with Crippen LogP contribution in [0.3, 0.4) is 0 Å². The van der Waals surface area contributed by atoms with Gasteiger partial charge in [0, 0.05) is 11.1 Å². The fraction of sp³-hybridized carbons (Fsp3) is 0.0625. The Bertz CT molecular complexity index is 829. The third-order valence-electron chi connectivity index (χ3n) is 3.22. The molecular weight excluding hydrogens is 322 g/mol. The summed E-state index contributed by atoms with van der Waals surface area (Å²) >= 11 is 6.01. The van der Waals surface area contributed by atoms with Crippen molar-refractivity contribution in [2.75, 3.05) is 0 Å². The topological polar surface area (TPSA) is 101 Å². The number of aromatic hydroxyl groups is 1. The number of phenols is 1. The number of aliphatic carboxylic acids is 1. The second-order valence-corrected chi connectivity index (χ2v) is 5.24. The Morgan fingerprint density at radius 3 is 2.52 bits per heavy atom. The maximum Gasteiger partial charge on any atom is 0.336 e. The number of aryl methyl sites for hydroxylation is 1. The molecule has 0 saturated carbocycles. The number of nitro groups is 1. The maximum absolute atomic E-state index is 11.5. The van der Waals surface area contributed by atoms with Crippen molar-refractivity contribution < 1.29 is 19.9 Å². The fourth-order valence-electron chi connectivity index (χ4n) is 1.97. The summed E-state index contributed by atoms with van der Waals surface area (Å²) < 4.78 is 0. The van der Waals surface area contributed by atoms with Gasteiger partial charge < -0.3 is 10.2 Å². The van der Waals surface area contributed by atoms with E-state index in [2.05, 4.69) is 0 Å². The summed E-state index contributed by atoms with van der Waals surface area (Å²) in [5, 5.41) is 30.1. The van der Waals surface area contributed by atoms with Gasteiger partial charge >= 0.3 is 11.7 Å². The van der Waals surface area contributed by atoms with Gasteiger partial charge in [0.25, 0.3) is 0 Å². The van der Waals surface area contributed by atoms with Crippen molar-refractivity contribution in [3.8, 4) is 5.75 Å². The third-order valence-corrected chi connectivity index (χ3v) is 3.63. The monoisotopic (exact) mass is 333 g/mol. The first-order valence-electron chi connectivity index (χ1n) is 6.48. The predicted molar refractivity (Wildman–Crippen MR) is 86.5 cm³/mol. The summed E-state index contributed by atoms with van der Waals surface area (Å²) in [6.07, 6.45) is 1.29. The zero-order valence-corrected chi connectivity index (χ0v) is 12.7. The standard InChI is InChI=1S/C16H12ClNO5/c1-9-2-4-11(8-13(9)17)12(16(20)21)6-10-3-5-15(19)14(7-10)18(22)23/h2-8,19H,1H3,(H,20,21)/b12-6-. The molecule has 23 heavy (non-hydrogen) atoms. The lowest BCUT2D eigenvalue weighted by molar-refractivity contribution is -0.385. The molecule has 0 spiro atoms. The normalized spacial score (nSPS) is 11.3. The summed E-state index contributed by atoms with van der Waals surface area (Å²) in [6.45, 7) is 1.79. The molecule has 0 saturated heterocycles. The van der Waals surface area contributed by atoms with Gasteiger partial charge in [-0.1, -0.05) is 29.8 Å². The van der Waals surface area contributed by atoms with E-state index in [9.17, 15) is 25.1 Å². The van der Waals surface area contributed by atoms with Crippen LogP contribution in [0.1, 0.15) is 16.7 Å². The molecule has 0 amide bonds. The highest BCUT2D eigenvalue weighted by Crippen LogP contribution is 2.29. The summed E-state index contributed by atoms with van der Waals surface area (Å²) in [5.74, 6) is -1.68. The molecule has 2 aromatic carbocycles. The van der Waals surface area contributed by atoms with Crippen molar-refractivity contribution >= 4 is 34.9 Å². The molecule has 2 aromatic rings. The second kappa shape index (κ2) is 6.50. The number of halogens is 1. The van der Waals surface area contributed by atoms with Crippen molar-refractivity contribution in [1.82, 2.24) is 0 Å².